The smallest absolute Gasteiger partial charge is 0.229 e. The summed E-state index contributed by atoms with van der Waals surface area (Å²) >= 11 is 7.81. The van der Waals surface area contributed by atoms with Crippen LogP contribution in [0, 0.1) is 0 Å². The van der Waals surface area contributed by atoms with E-state index in [9.17, 15) is 4.79 Å². The third-order valence-corrected chi connectivity index (χ3v) is 6.33. The molecular formula is C22H22ClN3OS. The van der Waals surface area contributed by atoms with Crippen molar-refractivity contribution in [3.63, 3.8) is 0 Å². The Hall–Kier alpha value is -2.21. The van der Waals surface area contributed by atoms with Crippen LogP contribution < -0.4 is 0 Å². The van der Waals surface area contributed by atoms with E-state index in [0.29, 0.717) is 11.4 Å². The van der Waals surface area contributed by atoms with Crippen LogP contribution in [0.2, 0.25) is 5.02 Å². The number of carbonyl (C=O) groups excluding carboxylic acids is 1. The summed E-state index contributed by atoms with van der Waals surface area (Å²) < 4.78 is 0. The van der Waals surface area contributed by atoms with Crippen molar-refractivity contribution in [3.05, 3.63) is 76.3 Å². The number of hydrogen-bond acceptors (Lipinski definition) is 4. The third kappa shape index (κ3) is 4.12. The molecule has 3 aromatic rings. The quantitative estimate of drug-likeness (QED) is 0.633. The minimum absolute atomic E-state index is 0.0779. The molecule has 0 bridgehead atoms. The maximum atomic E-state index is 13.1. The first-order valence-corrected chi connectivity index (χ1v) is 10.6. The van der Waals surface area contributed by atoms with Crippen LogP contribution in [0.3, 0.4) is 0 Å². The van der Waals surface area contributed by atoms with E-state index in [4.69, 9.17) is 11.6 Å². The molecule has 4 nitrogen and oxygen atoms in total. The van der Waals surface area contributed by atoms with Crippen LogP contribution in [0.4, 0.5) is 0 Å². The van der Waals surface area contributed by atoms with E-state index in [0.717, 1.165) is 35.9 Å². The highest BCUT2D eigenvalue weighted by Gasteiger charge is 2.30. The summed E-state index contributed by atoms with van der Waals surface area (Å²) in [5.41, 5.74) is 2.89. The van der Waals surface area contributed by atoms with E-state index in [-0.39, 0.29) is 11.9 Å². The van der Waals surface area contributed by atoms with Gasteiger partial charge in [-0.05, 0) is 18.7 Å². The van der Waals surface area contributed by atoms with Gasteiger partial charge in [0.15, 0.2) is 0 Å². The van der Waals surface area contributed by atoms with Gasteiger partial charge in [0.2, 0.25) is 5.91 Å². The van der Waals surface area contributed by atoms with Crippen molar-refractivity contribution < 1.29 is 4.79 Å². The summed E-state index contributed by atoms with van der Waals surface area (Å²) in [5, 5.41) is 3.49. The third-order valence-electron chi connectivity index (χ3n) is 5.08. The van der Waals surface area contributed by atoms with Crippen molar-refractivity contribution in [1.82, 2.24) is 14.8 Å². The van der Waals surface area contributed by atoms with Gasteiger partial charge >= 0.3 is 0 Å². The van der Waals surface area contributed by atoms with Crippen molar-refractivity contribution in [2.75, 3.05) is 26.7 Å². The fraction of sp³-hybridized carbons (Fsp3) is 0.273. The van der Waals surface area contributed by atoms with Crippen molar-refractivity contribution in [1.29, 1.82) is 0 Å². The molecule has 2 aromatic carbocycles. The van der Waals surface area contributed by atoms with E-state index in [1.807, 2.05) is 52.7 Å². The molecule has 0 spiro atoms. The average Bonchev–Trinajstić information content (AvgIpc) is 3.17. The Bertz CT molecular complexity index is 959. The Morgan fingerprint density at radius 3 is 2.68 bits per heavy atom. The summed E-state index contributed by atoms with van der Waals surface area (Å²) in [6.07, 6.45) is 0.313. The van der Waals surface area contributed by atoms with Crippen LogP contribution in [0.5, 0.6) is 0 Å². The lowest BCUT2D eigenvalue weighted by atomic mass is 10.0. The number of carbonyl (C=O) groups is 1. The number of nitrogens with zero attached hydrogens (tertiary/aromatic N) is 3. The Morgan fingerprint density at radius 1 is 1.14 bits per heavy atom. The Kier molecular flexibility index (Phi) is 5.76. The van der Waals surface area contributed by atoms with Gasteiger partial charge in [0, 0.05) is 30.6 Å². The SMILES string of the molecule is CN1CCN(C(=O)Cc2csc(-c3ccccc3Cl)n2)C(c2ccccc2)C1. The number of likely N-dealkylation sites (N-methyl/N-ethyl adjacent to an activating group) is 1. The maximum absolute atomic E-state index is 13.1. The number of aromatic nitrogens is 1. The van der Waals surface area contributed by atoms with E-state index < -0.39 is 0 Å². The second-order valence-corrected chi connectivity index (χ2v) is 8.34. The number of piperazine rings is 1. The topological polar surface area (TPSA) is 36.4 Å². The van der Waals surface area contributed by atoms with Crippen LogP contribution in [0.25, 0.3) is 10.6 Å². The fourth-order valence-electron chi connectivity index (χ4n) is 3.58. The highest BCUT2D eigenvalue weighted by molar-refractivity contribution is 7.13. The van der Waals surface area contributed by atoms with Gasteiger partial charge in [-0.3, -0.25) is 4.79 Å². The van der Waals surface area contributed by atoms with Crippen molar-refractivity contribution in [2.45, 2.75) is 12.5 Å². The molecule has 144 valence electrons. The normalized spacial score (nSPS) is 17.6. The molecule has 0 saturated carbocycles. The number of thiazole rings is 1. The fourth-order valence-corrected chi connectivity index (χ4v) is 4.72. The first-order chi connectivity index (χ1) is 13.6. The van der Waals surface area contributed by atoms with E-state index in [1.54, 1.807) is 0 Å². The Balaban J connectivity index is 1.52. The van der Waals surface area contributed by atoms with Crippen LogP contribution in [-0.4, -0.2) is 47.4 Å². The van der Waals surface area contributed by atoms with Crippen LogP contribution >= 0.6 is 22.9 Å². The molecule has 1 aromatic heterocycles. The molecule has 0 aliphatic carbocycles. The predicted molar refractivity (Wildman–Crippen MR) is 115 cm³/mol. The molecule has 28 heavy (non-hydrogen) atoms. The molecular weight excluding hydrogens is 390 g/mol. The molecule has 1 amide bonds. The van der Waals surface area contributed by atoms with Gasteiger partial charge in [-0.1, -0.05) is 60.1 Å². The van der Waals surface area contributed by atoms with Crippen molar-refractivity contribution in [3.8, 4) is 10.6 Å². The minimum atomic E-state index is 0.0779. The largest absolute Gasteiger partial charge is 0.333 e. The standard InChI is InChI=1S/C22H22ClN3OS/c1-25-11-12-26(20(14-25)16-7-3-2-4-8-16)21(27)13-17-15-28-22(24-17)18-9-5-6-10-19(18)23/h2-10,15,20H,11-14H2,1H3. The van der Waals surface area contributed by atoms with Crippen LogP contribution in [0.15, 0.2) is 60.0 Å². The van der Waals surface area contributed by atoms with Crippen LogP contribution in [0.1, 0.15) is 17.3 Å². The van der Waals surface area contributed by atoms with Gasteiger partial charge in [0.1, 0.15) is 5.01 Å². The Morgan fingerprint density at radius 2 is 1.89 bits per heavy atom. The molecule has 1 saturated heterocycles. The van der Waals surface area contributed by atoms with Crippen molar-refractivity contribution in [2.24, 2.45) is 0 Å². The number of hydrogen-bond donors (Lipinski definition) is 0. The van der Waals surface area contributed by atoms with Crippen molar-refractivity contribution >= 4 is 28.8 Å². The van der Waals surface area contributed by atoms with Gasteiger partial charge in [-0.2, -0.15) is 0 Å². The molecule has 0 radical (unpaired) electrons. The van der Waals surface area contributed by atoms with E-state index in [2.05, 4.69) is 29.1 Å². The zero-order chi connectivity index (χ0) is 19.5. The molecule has 1 aliphatic rings. The second kappa shape index (κ2) is 8.43. The zero-order valence-corrected chi connectivity index (χ0v) is 17.3. The molecule has 6 heteroatoms. The summed E-state index contributed by atoms with van der Waals surface area (Å²) in [6.45, 7) is 2.46. The predicted octanol–water partition coefficient (Wildman–Crippen LogP) is 4.52. The summed E-state index contributed by atoms with van der Waals surface area (Å²) in [6, 6.07) is 18.0. The summed E-state index contributed by atoms with van der Waals surface area (Å²) in [7, 11) is 2.11. The number of benzene rings is 2. The first-order valence-electron chi connectivity index (χ1n) is 9.34. The first kappa shape index (κ1) is 19.1. The molecule has 1 fully saturated rings. The second-order valence-electron chi connectivity index (χ2n) is 7.08. The molecule has 1 aliphatic heterocycles. The lowest BCUT2D eigenvalue weighted by Crippen LogP contribution is -2.49. The molecule has 4 rings (SSSR count). The molecule has 1 unspecified atom stereocenters. The van der Waals surface area contributed by atoms with Gasteiger partial charge in [-0.25, -0.2) is 4.98 Å². The van der Waals surface area contributed by atoms with E-state index in [1.165, 1.54) is 16.9 Å². The summed E-state index contributed by atoms with van der Waals surface area (Å²) in [5.74, 6) is 0.123. The highest BCUT2D eigenvalue weighted by atomic mass is 35.5. The van der Waals surface area contributed by atoms with E-state index >= 15 is 0 Å². The summed E-state index contributed by atoms with van der Waals surface area (Å²) in [4.78, 5) is 22.1. The lowest BCUT2D eigenvalue weighted by Gasteiger charge is -2.40. The molecule has 0 N–H and O–H groups in total. The maximum Gasteiger partial charge on any atom is 0.229 e. The van der Waals surface area contributed by atoms with Gasteiger partial charge in [-0.15, -0.1) is 11.3 Å². The minimum Gasteiger partial charge on any atom is -0.333 e. The van der Waals surface area contributed by atoms with Crippen LogP contribution in [-0.2, 0) is 11.2 Å². The highest BCUT2D eigenvalue weighted by Crippen LogP contribution is 2.31. The lowest BCUT2D eigenvalue weighted by molar-refractivity contribution is -0.135. The monoisotopic (exact) mass is 411 g/mol. The number of halogens is 1. The average molecular weight is 412 g/mol. The van der Waals surface area contributed by atoms with Gasteiger partial charge < -0.3 is 9.80 Å². The molecule has 1 atom stereocenters. The van der Waals surface area contributed by atoms with Gasteiger partial charge in [0.05, 0.1) is 23.2 Å². The molecule has 2 heterocycles. The van der Waals surface area contributed by atoms with Gasteiger partial charge in [0.25, 0.3) is 0 Å². The number of rotatable bonds is 4. The number of amides is 1. The zero-order valence-electron chi connectivity index (χ0n) is 15.7. The Labute approximate surface area is 174 Å².